The Bertz CT molecular complexity index is 529. The molecule has 1 fully saturated rings. The highest BCUT2D eigenvalue weighted by Gasteiger charge is 2.32. The van der Waals surface area contributed by atoms with Crippen molar-refractivity contribution >= 4 is 21.4 Å². The van der Waals surface area contributed by atoms with E-state index in [0.29, 0.717) is 17.3 Å². The third-order valence-corrected chi connectivity index (χ3v) is 7.37. The number of hydrogen-bond donors (Lipinski definition) is 1. The van der Waals surface area contributed by atoms with Crippen LogP contribution in [0.3, 0.4) is 0 Å². The summed E-state index contributed by atoms with van der Waals surface area (Å²) in [6.07, 6.45) is 1.92. The van der Waals surface area contributed by atoms with Gasteiger partial charge >= 0.3 is 0 Å². The molecular weight excluding hydrogens is 280 g/mol. The summed E-state index contributed by atoms with van der Waals surface area (Å²) >= 11 is 1.36. The molecule has 0 bridgehead atoms. The average molecular weight is 302 g/mol. The molecule has 4 nitrogen and oxygen atoms in total. The lowest BCUT2D eigenvalue weighted by molar-refractivity contribution is 0.243. The van der Waals surface area contributed by atoms with Crippen molar-refractivity contribution in [2.45, 2.75) is 43.9 Å². The molecule has 0 spiro atoms. The van der Waals surface area contributed by atoms with E-state index >= 15 is 0 Å². The van der Waals surface area contributed by atoms with E-state index in [1.54, 1.807) is 10.4 Å². The van der Waals surface area contributed by atoms with Gasteiger partial charge in [-0.3, -0.25) is 0 Å². The number of thiophene rings is 1. The molecule has 0 saturated carbocycles. The molecule has 1 saturated heterocycles. The zero-order chi connectivity index (χ0) is 14.2. The van der Waals surface area contributed by atoms with E-state index in [4.69, 9.17) is 5.73 Å². The summed E-state index contributed by atoms with van der Waals surface area (Å²) in [6.45, 7) is 7.03. The van der Waals surface area contributed by atoms with Gasteiger partial charge in [-0.25, -0.2) is 8.42 Å². The standard InChI is InChI=1S/C13H22N2O2S2/c1-9-7-13(18-11(9)3)19(16,17)15-6-4-5-12(8-15)10(2)14/h7,10,12H,4-6,8,14H2,1-3H3. The number of aryl methyl sites for hydroxylation is 2. The summed E-state index contributed by atoms with van der Waals surface area (Å²) in [5.41, 5.74) is 6.97. The molecule has 2 rings (SSSR count). The van der Waals surface area contributed by atoms with Crippen LogP contribution in [0.5, 0.6) is 0 Å². The molecule has 108 valence electrons. The first-order valence-electron chi connectivity index (χ1n) is 6.65. The summed E-state index contributed by atoms with van der Waals surface area (Å²) < 4.78 is 27.3. The molecule has 1 aliphatic heterocycles. The minimum atomic E-state index is -3.33. The van der Waals surface area contributed by atoms with Gasteiger partial charge in [-0.05, 0) is 51.2 Å². The second-order valence-electron chi connectivity index (χ2n) is 5.43. The van der Waals surface area contributed by atoms with Gasteiger partial charge in [-0.15, -0.1) is 11.3 Å². The fourth-order valence-corrected chi connectivity index (χ4v) is 5.62. The SMILES string of the molecule is Cc1cc(S(=O)(=O)N2CCCC(C(C)N)C2)sc1C. The van der Waals surface area contributed by atoms with E-state index in [2.05, 4.69) is 0 Å². The number of sulfonamides is 1. The van der Waals surface area contributed by atoms with Crippen LogP contribution in [0.1, 0.15) is 30.2 Å². The predicted molar refractivity (Wildman–Crippen MR) is 78.9 cm³/mol. The molecule has 0 radical (unpaired) electrons. The van der Waals surface area contributed by atoms with E-state index in [-0.39, 0.29) is 12.0 Å². The van der Waals surface area contributed by atoms with E-state index in [0.717, 1.165) is 23.3 Å². The van der Waals surface area contributed by atoms with E-state index < -0.39 is 10.0 Å². The molecule has 1 aromatic heterocycles. The van der Waals surface area contributed by atoms with Crippen molar-refractivity contribution in [1.82, 2.24) is 4.31 Å². The molecule has 0 amide bonds. The van der Waals surface area contributed by atoms with Crippen LogP contribution in [0.25, 0.3) is 0 Å². The number of nitrogens with zero attached hydrogens (tertiary/aromatic N) is 1. The van der Waals surface area contributed by atoms with Crippen molar-refractivity contribution in [1.29, 1.82) is 0 Å². The largest absolute Gasteiger partial charge is 0.328 e. The lowest BCUT2D eigenvalue weighted by atomic mass is 9.93. The first-order chi connectivity index (χ1) is 8.82. The Hall–Kier alpha value is -0.430. The van der Waals surface area contributed by atoms with Gasteiger partial charge < -0.3 is 5.73 Å². The van der Waals surface area contributed by atoms with Crippen molar-refractivity contribution < 1.29 is 8.42 Å². The van der Waals surface area contributed by atoms with Crippen molar-refractivity contribution in [3.8, 4) is 0 Å². The Morgan fingerprint density at radius 3 is 2.68 bits per heavy atom. The molecule has 2 heterocycles. The second kappa shape index (κ2) is 5.52. The van der Waals surface area contributed by atoms with Crippen LogP contribution in [-0.4, -0.2) is 31.9 Å². The van der Waals surface area contributed by atoms with Gasteiger partial charge in [-0.1, -0.05) is 0 Å². The van der Waals surface area contributed by atoms with Crippen LogP contribution in [0.2, 0.25) is 0 Å². The molecule has 2 N–H and O–H groups in total. The third-order valence-electron chi connectivity index (χ3n) is 3.90. The van der Waals surface area contributed by atoms with Gasteiger partial charge in [-0.2, -0.15) is 4.31 Å². The number of rotatable bonds is 3. The Balaban J connectivity index is 2.24. The van der Waals surface area contributed by atoms with E-state index in [9.17, 15) is 8.42 Å². The van der Waals surface area contributed by atoms with Gasteiger partial charge in [0.05, 0.1) is 0 Å². The second-order valence-corrected chi connectivity index (χ2v) is 8.85. The van der Waals surface area contributed by atoms with Crippen LogP contribution in [0.4, 0.5) is 0 Å². The van der Waals surface area contributed by atoms with Gasteiger partial charge in [0.2, 0.25) is 0 Å². The lowest BCUT2D eigenvalue weighted by Crippen LogP contribution is -2.44. The minimum Gasteiger partial charge on any atom is -0.328 e. The minimum absolute atomic E-state index is 0.0461. The van der Waals surface area contributed by atoms with Crippen LogP contribution in [-0.2, 0) is 10.0 Å². The van der Waals surface area contributed by atoms with E-state index in [1.807, 2.05) is 20.8 Å². The molecule has 1 aliphatic rings. The van der Waals surface area contributed by atoms with Gasteiger partial charge in [0, 0.05) is 24.0 Å². The average Bonchev–Trinajstić information content (AvgIpc) is 2.70. The molecule has 2 unspecified atom stereocenters. The Labute approximate surface area is 119 Å². The van der Waals surface area contributed by atoms with Gasteiger partial charge in [0.25, 0.3) is 10.0 Å². The van der Waals surface area contributed by atoms with Gasteiger partial charge in [0.1, 0.15) is 4.21 Å². The molecule has 19 heavy (non-hydrogen) atoms. The maximum atomic E-state index is 12.6. The molecule has 1 aromatic rings. The summed E-state index contributed by atoms with van der Waals surface area (Å²) in [5, 5.41) is 0. The topological polar surface area (TPSA) is 63.4 Å². The van der Waals surface area contributed by atoms with Crippen LogP contribution in [0.15, 0.2) is 10.3 Å². The summed E-state index contributed by atoms with van der Waals surface area (Å²) in [6, 6.07) is 1.83. The summed E-state index contributed by atoms with van der Waals surface area (Å²) in [4.78, 5) is 1.07. The first-order valence-corrected chi connectivity index (χ1v) is 8.91. The molecular formula is C13H22N2O2S2. The fourth-order valence-electron chi connectivity index (χ4n) is 2.42. The monoisotopic (exact) mass is 302 g/mol. The van der Waals surface area contributed by atoms with Crippen molar-refractivity contribution in [3.63, 3.8) is 0 Å². The highest BCUT2D eigenvalue weighted by molar-refractivity contribution is 7.91. The zero-order valence-electron chi connectivity index (χ0n) is 11.7. The fraction of sp³-hybridized carbons (Fsp3) is 0.692. The zero-order valence-corrected chi connectivity index (χ0v) is 13.4. The quantitative estimate of drug-likeness (QED) is 0.930. The molecule has 0 aliphatic carbocycles. The Morgan fingerprint density at radius 2 is 2.16 bits per heavy atom. The highest BCUT2D eigenvalue weighted by Crippen LogP contribution is 2.30. The summed E-state index contributed by atoms with van der Waals surface area (Å²) in [7, 11) is -3.33. The number of hydrogen-bond acceptors (Lipinski definition) is 4. The predicted octanol–water partition coefficient (Wildman–Crippen LogP) is 2.11. The molecule has 0 aromatic carbocycles. The van der Waals surface area contributed by atoms with Crippen molar-refractivity contribution in [2.24, 2.45) is 11.7 Å². The van der Waals surface area contributed by atoms with Crippen molar-refractivity contribution in [2.75, 3.05) is 13.1 Å². The van der Waals surface area contributed by atoms with Crippen LogP contribution >= 0.6 is 11.3 Å². The maximum absolute atomic E-state index is 12.6. The smallest absolute Gasteiger partial charge is 0.252 e. The highest BCUT2D eigenvalue weighted by atomic mass is 32.2. The van der Waals surface area contributed by atoms with Crippen LogP contribution in [0, 0.1) is 19.8 Å². The maximum Gasteiger partial charge on any atom is 0.252 e. The number of nitrogens with two attached hydrogens (primary N) is 1. The molecule has 6 heteroatoms. The van der Waals surface area contributed by atoms with Crippen molar-refractivity contribution in [3.05, 3.63) is 16.5 Å². The molecule has 2 atom stereocenters. The van der Waals surface area contributed by atoms with Crippen LogP contribution < -0.4 is 5.73 Å². The normalized spacial score (nSPS) is 23.5. The first kappa shape index (κ1) is 15.0. The lowest BCUT2D eigenvalue weighted by Gasteiger charge is -2.33. The number of piperidine rings is 1. The van der Waals surface area contributed by atoms with Gasteiger partial charge in [0.15, 0.2) is 0 Å². The Kier molecular flexibility index (Phi) is 4.35. The third kappa shape index (κ3) is 3.02. The Morgan fingerprint density at radius 1 is 1.47 bits per heavy atom. The van der Waals surface area contributed by atoms with E-state index in [1.165, 1.54) is 11.3 Å². The summed E-state index contributed by atoms with van der Waals surface area (Å²) in [5.74, 6) is 0.269.